The van der Waals surface area contributed by atoms with Crippen molar-refractivity contribution >= 4 is 35.2 Å². The molecule has 116 valence electrons. The van der Waals surface area contributed by atoms with Gasteiger partial charge in [0.25, 0.3) is 0 Å². The van der Waals surface area contributed by atoms with Crippen molar-refractivity contribution in [1.29, 1.82) is 0 Å². The number of carboxylic acid groups (broad SMARTS) is 1. The van der Waals surface area contributed by atoms with E-state index in [0.717, 1.165) is 11.8 Å². The molecule has 0 radical (unpaired) electrons. The molecule has 0 aliphatic carbocycles. The van der Waals surface area contributed by atoms with Gasteiger partial charge in [0.05, 0.1) is 16.5 Å². The van der Waals surface area contributed by atoms with Crippen molar-refractivity contribution in [3.63, 3.8) is 0 Å². The van der Waals surface area contributed by atoms with E-state index in [-0.39, 0.29) is 23.8 Å². The largest absolute Gasteiger partial charge is 0.478 e. The highest BCUT2D eigenvalue weighted by Crippen LogP contribution is 2.35. The fourth-order valence-electron chi connectivity index (χ4n) is 2.44. The number of hydrogen-bond donors (Lipinski definition) is 1. The van der Waals surface area contributed by atoms with Crippen molar-refractivity contribution in [2.24, 2.45) is 0 Å². The molecular formula is C17H13NO4S. The number of rotatable bonds is 4. The molecule has 2 amide bonds. The van der Waals surface area contributed by atoms with Crippen LogP contribution in [0.4, 0.5) is 5.69 Å². The van der Waals surface area contributed by atoms with Crippen LogP contribution < -0.4 is 4.90 Å². The van der Waals surface area contributed by atoms with Crippen LogP contribution in [0, 0.1) is 0 Å². The molecule has 1 heterocycles. The second kappa shape index (κ2) is 6.26. The van der Waals surface area contributed by atoms with E-state index in [0.29, 0.717) is 10.6 Å². The van der Waals surface area contributed by atoms with E-state index in [9.17, 15) is 19.5 Å². The van der Waals surface area contributed by atoms with Gasteiger partial charge in [-0.25, -0.2) is 9.69 Å². The Balaban J connectivity index is 1.85. The predicted molar refractivity (Wildman–Crippen MR) is 86.6 cm³/mol. The highest BCUT2D eigenvalue weighted by molar-refractivity contribution is 8.00. The predicted octanol–water partition coefficient (Wildman–Crippen LogP) is 2.81. The lowest BCUT2D eigenvalue weighted by atomic mass is 10.2. The van der Waals surface area contributed by atoms with Crippen LogP contribution in [0.25, 0.3) is 0 Å². The molecular weight excluding hydrogens is 314 g/mol. The van der Waals surface area contributed by atoms with Crippen molar-refractivity contribution in [1.82, 2.24) is 0 Å². The molecule has 1 aliphatic heterocycles. The summed E-state index contributed by atoms with van der Waals surface area (Å²) in [6, 6.07) is 15.2. The molecule has 0 bridgehead atoms. The van der Waals surface area contributed by atoms with Crippen molar-refractivity contribution in [3.05, 3.63) is 60.2 Å². The fourth-order valence-corrected chi connectivity index (χ4v) is 3.62. The fraction of sp³-hybridized carbons (Fsp3) is 0.118. The Bertz CT molecular complexity index is 775. The van der Waals surface area contributed by atoms with Crippen molar-refractivity contribution < 1.29 is 19.5 Å². The smallest absolute Gasteiger partial charge is 0.336 e. The lowest BCUT2D eigenvalue weighted by Gasteiger charge is -2.15. The first-order valence-electron chi connectivity index (χ1n) is 6.99. The van der Waals surface area contributed by atoms with Crippen molar-refractivity contribution in [2.45, 2.75) is 16.6 Å². The molecule has 5 nitrogen and oxygen atoms in total. The summed E-state index contributed by atoms with van der Waals surface area (Å²) in [4.78, 5) is 37.6. The van der Waals surface area contributed by atoms with Gasteiger partial charge in [0.1, 0.15) is 0 Å². The van der Waals surface area contributed by atoms with Gasteiger partial charge in [-0.1, -0.05) is 30.3 Å². The average molecular weight is 327 g/mol. The van der Waals surface area contributed by atoms with Crippen LogP contribution in [-0.2, 0) is 9.59 Å². The topological polar surface area (TPSA) is 74.7 Å². The van der Waals surface area contributed by atoms with Gasteiger partial charge < -0.3 is 5.11 Å². The number of nitrogens with zero attached hydrogens (tertiary/aromatic N) is 1. The quantitative estimate of drug-likeness (QED) is 0.874. The summed E-state index contributed by atoms with van der Waals surface area (Å²) in [5.74, 6) is -1.64. The van der Waals surface area contributed by atoms with Gasteiger partial charge in [0.15, 0.2) is 0 Å². The molecule has 2 aromatic carbocycles. The Morgan fingerprint density at radius 2 is 1.70 bits per heavy atom. The molecule has 1 N–H and O–H groups in total. The number of carbonyl (C=O) groups excluding carboxylic acids is 2. The maximum atomic E-state index is 12.5. The second-order valence-corrected chi connectivity index (χ2v) is 6.26. The summed E-state index contributed by atoms with van der Waals surface area (Å²) >= 11 is 1.12. The number of carboxylic acids is 1. The highest BCUT2D eigenvalue weighted by atomic mass is 32.2. The van der Waals surface area contributed by atoms with Crippen LogP contribution >= 0.6 is 11.8 Å². The third-order valence-corrected chi connectivity index (χ3v) is 4.77. The lowest BCUT2D eigenvalue weighted by molar-refractivity contribution is -0.121. The molecule has 1 fully saturated rings. The third-order valence-electron chi connectivity index (χ3n) is 3.51. The normalized spacial score (nSPS) is 17.6. The molecule has 6 heteroatoms. The first-order chi connectivity index (χ1) is 11.1. The number of amides is 2. The van der Waals surface area contributed by atoms with E-state index in [1.807, 2.05) is 6.07 Å². The van der Waals surface area contributed by atoms with Gasteiger partial charge in [-0.2, -0.15) is 0 Å². The molecule has 1 atom stereocenters. The summed E-state index contributed by atoms with van der Waals surface area (Å²) < 4.78 is 0. The van der Waals surface area contributed by atoms with Crippen LogP contribution in [-0.4, -0.2) is 28.1 Å². The molecule has 0 unspecified atom stereocenters. The van der Waals surface area contributed by atoms with Crippen molar-refractivity contribution in [2.75, 3.05) is 4.90 Å². The monoisotopic (exact) mass is 327 g/mol. The Labute approximate surface area is 136 Å². The average Bonchev–Trinajstić information content (AvgIpc) is 2.82. The van der Waals surface area contributed by atoms with Crippen LogP contribution in [0.3, 0.4) is 0 Å². The SMILES string of the molecule is O=C(O)c1ccccc1S[C@@H]1CC(=O)N(c2ccccc2)C1=O. The van der Waals surface area contributed by atoms with Crippen molar-refractivity contribution in [3.8, 4) is 0 Å². The number of benzene rings is 2. The minimum Gasteiger partial charge on any atom is -0.478 e. The molecule has 2 aromatic rings. The van der Waals surface area contributed by atoms with Gasteiger partial charge >= 0.3 is 5.97 Å². The van der Waals surface area contributed by atoms with E-state index < -0.39 is 11.2 Å². The highest BCUT2D eigenvalue weighted by Gasteiger charge is 2.40. The number of imide groups is 1. The molecule has 1 aliphatic rings. The number of para-hydroxylation sites is 1. The van der Waals surface area contributed by atoms with E-state index in [1.54, 1.807) is 42.5 Å². The molecule has 0 saturated carbocycles. The molecule has 1 saturated heterocycles. The van der Waals surface area contributed by atoms with Crippen LogP contribution in [0.2, 0.25) is 0 Å². The molecule has 23 heavy (non-hydrogen) atoms. The first-order valence-corrected chi connectivity index (χ1v) is 7.86. The number of thioether (sulfide) groups is 1. The second-order valence-electron chi connectivity index (χ2n) is 5.01. The Morgan fingerprint density at radius 3 is 2.39 bits per heavy atom. The lowest BCUT2D eigenvalue weighted by Crippen LogP contribution is -2.31. The van der Waals surface area contributed by atoms with E-state index in [2.05, 4.69) is 0 Å². The summed E-state index contributed by atoms with van der Waals surface area (Å²) in [5, 5.41) is 8.60. The summed E-state index contributed by atoms with van der Waals surface area (Å²) in [6.07, 6.45) is 0.0619. The molecule has 0 aromatic heterocycles. The molecule has 3 rings (SSSR count). The standard InChI is InChI=1S/C17H13NO4S/c19-15-10-14(16(20)18(15)11-6-2-1-3-7-11)23-13-9-5-4-8-12(13)17(21)22/h1-9,14H,10H2,(H,21,22)/t14-/m1/s1. The maximum Gasteiger partial charge on any atom is 0.336 e. The van der Waals surface area contributed by atoms with Gasteiger partial charge in [-0.05, 0) is 24.3 Å². The zero-order valence-electron chi connectivity index (χ0n) is 12.0. The minimum absolute atomic E-state index is 0.0619. The van der Waals surface area contributed by atoms with Crippen LogP contribution in [0.1, 0.15) is 16.8 Å². The number of aromatic carboxylic acids is 1. The number of hydrogen-bond acceptors (Lipinski definition) is 4. The van der Waals surface area contributed by atoms with E-state index in [1.165, 1.54) is 11.0 Å². The number of carbonyl (C=O) groups is 3. The zero-order valence-corrected chi connectivity index (χ0v) is 12.8. The number of anilines is 1. The zero-order chi connectivity index (χ0) is 16.4. The van der Waals surface area contributed by atoms with Gasteiger partial charge in [-0.3, -0.25) is 9.59 Å². The van der Waals surface area contributed by atoms with Crippen LogP contribution in [0.5, 0.6) is 0 Å². The first kappa shape index (κ1) is 15.3. The Kier molecular flexibility index (Phi) is 4.16. The summed E-state index contributed by atoms with van der Waals surface area (Å²) in [5.41, 5.74) is 0.674. The van der Waals surface area contributed by atoms with Crippen LogP contribution in [0.15, 0.2) is 59.5 Å². The summed E-state index contributed by atoms with van der Waals surface area (Å²) in [7, 11) is 0. The summed E-state index contributed by atoms with van der Waals surface area (Å²) in [6.45, 7) is 0. The van der Waals surface area contributed by atoms with Gasteiger partial charge in [0, 0.05) is 11.3 Å². The third kappa shape index (κ3) is 2.98. The maximum absolute atomic E-state index is 12.5. The molecule has 0 spiro atoms. The van der Waals surface area contributed by atoms with Gasteiger partial charge in [-0.15, -0.1) is 11.8 Å². The Morgan fingerprint density at radius 1 is 1.04 bits per heavy atom. The van der Waals surface area contributed by atoms with Gasteiger partial charge in [0.2, 0.25) is 11.8 Å². The van der Waals surface area contributed by atoms with E-state index >= 15 is 0 Å². The van der Waals surface area contributed by atoms with E-state index in [4.69, 9.17) is 0 Å². The minimum atomic E-state index is -1.05. The Hall–Kier alpha value is -2.60.